The Kier molecular flexibility index (Phi) is 6.87. The van der Waals surface area contributed by atoms with Gasteiger partial charge in [0.1, 0.15) is 31.1 Å². The lowest BCUT2D eigenvalue weighted by atomic mass is 10.2. The zero-order valence-electron chi connectivity index (χ0n) is 16.8. The molecule has 0 spiro atoms. The van der Waals surface area contributed by atoms with Crippen LogP contribution in [0.3, 0.4) is 0 Å². The molecule has 0 saturated carbocycles. The first-order valence-corrected chi connectivity index (χ1v) is 11.1. The number of aromatic nitrogens is 5. The summed E-state index contributed by atoms with van der Waals surface area (Å²) in [5.74, 6) is -1.25. The predicted molar refractivity (Wildman–Crippen MR) is 117 cm³/mol. The lowest BCUT2D eigenvalue weighted by Gasteiger charge is -2.23. The van der Waals surface area contributed by atoms with Gasteiger partial charge < -0.3 is 25.6 Å². The highest BCUT2D eigenvalue weighted by Gasteiger charge is 2.28. The lowest BCUT2D eigenvalue weighted by Crippen LogP contribution is -3.12. The van der Waals surface area contributed by atoms with Crippen LogP contribution in [-0.4, -0.2) is 68.8 Å². The van der Waals surface area contributed by atoms with Crippen molar-refractivity contribution in [1.82, 2.24) is 30.7 Å². The van der Waals surface area contributed by atoms with Gasteiger partial charge in [0.25, 0.3) is 5.91 Å². The molecule has 1 aromatic carbocycles. The molecule has 174 valence electrons. The highest BCUT2D eigenvalue weighted by Crippen LogP contribution is 2.38. The number of nitrogen functional groups attached to an aromatic ring is 1. The van der Waals surface area contributed by atoms with Crippen molar-refractivity contribution in [2.75, 3.05) is 32.0 Å². The second kappa shape index (κ2) is 9.82. The molecule has 3 aromatic rings. The van der Waals surface area contributed by atoms with Gasteiger partial charge >= 0.3 is 0 Å². The average molecular weight is 587 g/mol. The first-order valence-electron chi connectivity index (χ1n) is 9.52. The van der Waals surface area contributed by atoms with Crippen molar-refractivity contribution in [3.63, 3.8) is 0 Å². The fourth-order valence-electron chi connectivity index (χ4n) is 3.14. The summed E-state index contributed by atoms with van der Waals surface area (Å²) in [4.78, 5) is 14.0. The Morgan fingerprint density at radius 3 is 2.85 bits per heavy atom. The molecule has 5 N–H and O–H groups in total. The molecule has 33 heavy (non-hydrogen) atoms. The largest absolute Gasteiger partial charge is 0.871 e. The second-order valence-corrected chi connectivity index (χ2v) is 8.59. The molecule has 16 heteroatoms. The van der Waals surface area contributed by atoms with Gasteiger partial charge in [0.15, 0.2) is 5.69 Å². The Labute approximate surface area is 202 Å². The number of ether oxygens (including phenoxy) is 1. The van der Waals surface area contributed by atoms with Gasteiger partial charge in [-0.15, -0.1) is 5.10 Å². The number of phenols is 1. The van der Waals surface area contributed by atoms with Crippen LogP contribution in [0.25, 0.3) is 5.82 Å². The second-order valence-electron chi connectivity index (χ2n) is 6.95. The topological polar surface area (TPSA) is 194 Å². The summed E-state index contributed by atoms with van der Waals surface area (Å²) in [5, 5.41) is 41.0. The maximum atomic E-state index is 12.8. The van der Waals surface area contributed by atoms with E-state index in [4.69, 9.17) is 10.5 Å². The summed E-state index contributed by atoms with van der Waals surface area (Å²) in [7, 11) is 0. The summed E-state index contributed by atoms with van der Waals surface area (Å²) in [5.41, 5.74) is 8.79. The molecule has 2 aromatic heterocycles. The number of morpholine rings is 1. The summed E-state index contributed by atoms with van der Waals surface area (Å²) in [6, 6.07) is 1.38. The van der Waals surface area contributed by atoms with Crippen LogP contribution in [-0.2, 0) is 11.3 Å². The minimum absolute atomic E-state index is 0.00319. The molecule has 1 fully saturated rings. The van der Waals surface area contributed by atoms with Gasteiger partial charge in [-0.05, 0) is 32.3 Å². The summed E-state index contributed by atoms with van der Waals surface area (Å²) < 4.78 is 11.5. The van der Waals surface area contributed by atoms with Gasteiger partial charge in [-0.3, -0.25) is 4.79 Å². The fourth-order valence-corrected chi connectivity index (χ4v) is 4.29. The molecular weight excluding hydrogens is 570 g/mol. The first kappa shape index (κ1) is 23.1. The molecule has 1 amide bonds. The van der Waals surface area contributed by atoms with Crippen molar-refractivity contribution in [2.45, 2.75) is 6.54 Å². The van der Waals surface area contributed by atoms with Gasteiger partial charge in [-0.2, -0.15) is 9.78 Å². The number of rotatable bonds is 6. The van der Waals surface area contributed by atoms with E-state index in [2.05, 4.69) is 67.6 Å². The van der Waals surface area contributed by atoms with Crippen molar-refractivity contribution in [3.05, 3.63) is 32.0 Å². The number of halogens is 2. The number of anilines is 1. The van der Waals surface area contributed by atoms with Crippen LogP contribution in [0.5, 0.6) is 11.5 Å². The zero-order chi connectivity index (χ0) is 23.5. The van der Waals surface area contributed by atoms with Crippen LogP contribution in [0, 0.1) is 0 Å². The standard InChI is InChI=1S/C17H17Br2N9O5/c18-9-5-8(13(29)11(19)14(9)30)6-21-23-17(31)12-10(7-27-1-3-32-4-2-27)28(26-22-12)16-15(20)24-33-25-16/h5-6,29-30H,1-4,7H2,(H2,20,24)(H,23,31). The molecule has 0 atom stereocenters. The Hall–Kier alpha value is -3.08. The molecule has 3 heterocycles. The lowest BCUT2D eigenvalue weighted by molar-refractivity contribution is -0.921. The Balaban J connectivity index is 1.59. The van der Waals surface area contributed by atoms with Crippen molar-refractivity contribution in [1.29, 1.82) is 0 Å². The van der Waals surface area contributed by atoms with E-state index in [-0.39, 0.29) is 37.6 Å². The molecule has 0 radical (unpaired) electrons. The van der Waals surface area contributed by atoms with E-state index in [1.807, 2.05) is 0 Å². The van der Waals surface area contributed by atoms with Gasteiger partial charge in [0.05, 0.1) is 23.9 Å². The van der Waals surface area contributed by atoms with Gasteiger partial charge in [-0.25, -0.2) is 10.1 Å². The Bertz CT molecular complexity index is 1210. The summed E-state index contributed by atoms with van der Waals surface area (Å²) >= 11 is 6.13. The molecule has 0 bridgehead atoms. The number of benzene rings is 1. The van der Waals surface area contributed by atoms with E-state index < -0.39 is 11.7 Å². The van der Waals surface area contributed by atoms with Crippen LogP contribution in [0.1, 0.15) is 21.7 Å². The Morgan fingerprint density at radius 2 is 2.15 bits per heavy atom. The van der Waals surface area contributed by atoms with E-state index in [0.717, 1.165) is 18.0 Å². The number of hydrogen-bond acceptors (Lipinski definition) is 11. The van der Waals surface area contributed by atoms with Gasteiger partial charge in [0, 0.05) is 10.0 Å². The monoisotopic (exact) mass is 585 g/mol. The highest BCUT2D eigenvalue weighted by atomic mass is 79.9. The summed E-state index contributed by atoms with van der Waals surface area (Å²) in [6.45, 7) is 3.03. The van der Waals surface area contributed by atoms with Crippen LogP contribution >= 0.6 is 31.9 Å². The molecule has 4 rings (SSSR count). The minimum Gasteiger partial charge on any atom is -0.871 e. The number of carbonyl (C=O) groups is 1. The van der Waals surface area contributed by atoms with Crippen molar-refractivity contribution in [3.8, 4) is 17.3 Å². The third-order valence-electron chi connectivity index (χ3n) is 4.84. The van der Waals surface area contributed by atoms with Crippen LogP contribution in [0.4, 0.5) is 5.82 Å². The molecule has 0 unspecified atom stereocenters. The molecular formula is C17H17Br2N9O5. The third-order valence-corrected chi connectivity index (χ3v) is 6.17. The van der Waals surface area contributed by atoms with Crippen LogP contribution in [0.15, 0.2) is 24.7 Å². The zero-order valence-corrected chi connectivity index (χ0v) is 20.0. The third kappa shape index (κ3) is 4.82. The van der Waals surface area contributed by atoms with Gasteiger partial charge in [-0.1, -0.05) is 26.9 Å². The number of aromatic hydroxyl groups is 1. The first-order chi connectivity index (χ1) is 15.9. The number of amides is 1. The number of phenolic OH excluding ortho intramolecular Hbond substituents is 1. The quantitative estimate of drug-likeness (QED) is 0.199. The maximum absolute atomic E-state index is 12.8. The number of nitrogens with two attached hydrogens (primary N) is 1. The average Bonchev–Trinajstić information content (AvgIpc) is 3.42. The molecule has 1 aliphatic rings. The van der Waals surface area contributed by atoms with E-state index in [9.17, 15) is 15.0 Å². The SMILES string of the molecule is Nc1nonc1-n1nnc(C(=O)NN=Cc2cc(Br)c([O-])c(Br)c2O)c1C[NH+]1CCOCC1. The molecule has 14 nitrogen and oxygen atoms in total. The van der Waals surface area contributed by atoms with Crippen LogP contribution in [0.2, 0.25) is 0 Å². The highest BCUT2D eigenvalue weighted by molar-refractivity contribution is 9.11. The normalized spacial score (nSPS) is 14.7. The number of carbonyl (C=O) groups excluding carboxylic acids is 1. The number of quaternary nitrogens is 1. The van der Waals surface area contributed by atoms with E-state index >= 15 is 0 Å². The number of hydrazone groups is 1. The van der Waals surface area contributed by atoms with E-state index in [1.165, 1.54) is 17.0 Å². The smallest absolute Gasteiger partial charge is 0.294 e. The van der Waals surface area contributed by atoms with E-state index in [1.54, 1.807) is 0 Å². The number of nitrogens with one attached hydrogen (secondary N) is 2. The predicted octanol–water partition coefficient (Wildman–Crippen LogP) is -1.28. The molecule has 0 aliphatic carbocycles. The van der Waals surface area contributed by atoms with Crippen molar-refractivity contribution >= 4 is 49.8 Å². The van der Waals surface area contributed by atoms with E-state index in [0.29, 0.717) is 25.5 Å². The molecule has 1 saturated heterocycles. The number of hydrogen-bond donors (Lipinski definition) is 4. The van der Waals surface area contributed by atoms with Gasteiger partial charge in [0.2, 0.25) is 11.6 Å². The van der Waals surface area contributed by atoms with Crippen molar-refractivity contribution in [2.24, 2.45) is 5.10 Å². The minimum atomic E-state index is -0.645. The molecule has 1 aliphatic heterocycles. The Morgan fingerprint density at radius 1 is 1.39 bits per heavy atom. The number of nitrogens with zero attached hydrogens (tertiary/aromatic N) is 6. The fraction of sp³-hybridized carbons (Fsp3) is 0.294. The van der Waals surface area contributed by atoms with Crippen molar-refractivity contribution < 1.29 is 29.3 Å². The van der Waals surface area contributed by atoms with Crippen LogP contribution < -0.4 is 21.2 Å². The maximum Gasteiger partial charge on any atom is 0.294 e. The summed E-state index contributed by atoms with van der Waals surface area (Å²) in [6.07, 6.45) is 1.19.